The number of phenols is 2. The number of unbranched alkanes of at least 4 members (excludes halogenated alkanes) is 2. The number of sulfonamides is 1. The van der Waals surface area contributed by atoms with E-state index >= 15 is 24.0 Å². The molecule has 30 nitrogen and oxygen atoms in total. The van der Waals surface area contributed by atoms with Crippen LogP contribution in [-0.2, 0) is 60.7 Å². The highest BCUT2D eigenvalue weighted by molar-refractivity contribution is 7.89. The summed E-state index contributed by atoms with van der Waals surface area (Å²) in [4.78, 5) is 121. The Hall–Kier alpha value is -9.96. The van der Waals surface area contributed by atoms with Gasteiger partial charge in [0.2, 0.25) is 68.8 Å². The number of carbonyl (C=O) groups is 8. The molecule has 32 heteroatoms. The largest absolute Gasteiger partial charge is 0.508 e. The van der Waals surface area contributed by atoms with E-state index in [2.05, 4.69) is 59.5 Å². The minimum Gasteiger partial charge on any atom is -0.508 e. The first-order chi connectivity index (χ1) is 52.9. The van der Waals surface area contributed by atoms with Gasteiger partial charge in [-0.05, 0) is 206 Å². The van der Waals surface area contributed by atoms with Crippen molar-refractivity contribution >= 4 is 68.9 Å². The molecule has 0 unspecified atom stereocenters. The molecule has 5 aliphatic heterocycles. The van der Waals surface area contributed by atoms with Gasteiger partial charge in [0, 0.05) is 42.4 Å². The van der Waals surface area contributed by atoms with Gasteiger partial charge in [0.25, 0.3) is 0 Å². The number of aromatic hydroxyl groups is 2. The molecule has 0 aromatic heterocycles. The third-order valence-electron chi connectivity index (χ3n) is 22.2. The number of benzene rings is 6. The van der Waals surface area contributed by atoms with Gasteiger partial charge in [0.05, 0.1) is 29.0 Å². The molecule has 590 valence electrons. The van der Waals surface area contributed by atoms with E-state index in [4.69, 9.17) is 31.5 Å². The Bertz CT molecular complexity index is 4770. The van der Waals surface area contributed by atoms with Crippen LogP contribution in [-0.4, -0.2) is 143 Å². The highest BCUT2D eigenvalue weighted by atomic mass is 35.5. The number of fused-ring (bicyclic) bond motifs is 12. The highest BCUT2D eigenvalue weighted by Gasteiger charge is 2.52. The van der Waals surface area contributed by atoms with Crippen molar-refractivity contribution in [2.24, 2.45) is 35.3 Å². The SMILES string of the molecule is CCCCCOc1ccc(S(=O)(=O)NCCNCc2c(O)cc3c4c2C(O)(O)c2ccc(cc2-4)[C@H]2NC(=O)[C@@H]4NC(=O)[C@H](CC(N)=O)NC(=O)[C@H](NC(=O)[C@@H](CC(C)C)NC)[C@H](O)c5ccc(c(C)c5)Oc5cc4cc(c5O)Oc4ccc(cc4Cl)[C@@H](O)[C@H](NC2=O)C(=O)N[C@@H]3C(=O)NC2C3CC4CC(C3)CC2C4)cc1. The van der Waals surface area contributed by atoms with Gasteiger partial charge >= 0.3 is 0 Å². The zero-order valence-electron chi connectivity index (χ0n) is 61.7. The molecule has 4 saturated carbocycles. The molecule has 6 aromatic carbocycles. The van der Waals surface area contributed by atoms with Crippen molar-refractivity contribution in [2.75, 3.05) is 26.7 Å². The zero-order chi connectivity index (χ0) is 79.2. The topological polar surface area (TPSA) is 466 Å². The van der Waals surface area contributed by atoms with Crippen molar-refractivity contribution in [3.63, 3.8) is 0 Å². The number of aliphatic hydroxyl groups is 4. The van der Waals surface area contributed by atoms with E-state index in [1.807, 2.05) is 13.8 Å². The summed E-state index contributed by atoms with van der Waals surface area (Å²) >= 11 is 7.03. The summed E-state index contributed by atoms with van der Waals surface area (Å²) in [5.41, 5.74) is 4.16. The quantitative estimate of drug-likeness (QED) is 0.0345. The van der Waals surface area contributed by atoms with E-state index in [-0.39, 0.29) is 120 Å². The molecule has 4 fully saturated rings. The number of primary amides is 1. The van der Waals surface area contributed by atoms with Crippen LogP contribution in [0, 0.1) is 36.5 Å². The fourth-order valence-electron chi connectivity index (χ4n) is 16.9. The molecule has 8 amide bonds. The second-order valence-electron chi connectivity index (χ2n) is 30.4. The maximum absolute atomic E-state index is 16.1. The number of ether oxygens (including phenoxy) is 3. The molecule has 0 saturated heterocycles. The van der Waals surface area contributed by atoms with Crippen molar-refractivity contribution in [3.05, 3.63) is 152 Å². The number of amides is 8. The van der Waals surface area contributed by atoms with Crippen molar-refractivity contribution < 1.29 is 91.6 Å². The summed E-state index contributed by atoms with van der Waals surface area (Å²) in [7, 11) is -2.57. The van der Waals surface area contributed by atoms with E-state index in [9.17, 15) is 53.4 Å². The number of nitrogens with one attached hydrogen (secondary N) is 10. The average Bonchev–Trinajstić information content (AvgIpc) is 1.55. The molecule has 15 bridgehead atoms. The van der Waals surface area contributed by atoms with Crippen LogP contribution in [0.3, 0.4) is 0 Å². The molecule has 18 N–H and O–H groups in total. The van der Waals surface area contributed by atoms with Crippen LogP contribution in [0.2, 0.25) is 5.02 Å². The fourth-order valence-corrected chi connectivity index (χ4v) is 18.1. The van der Waals surface area contributed by atoms with Crippen LogP contribution in [0.4, 0.5) is 0 Å². The van der Waals surface area contributed by atoms with E-state index in [1.165, 1.54) is 79.8 Å². The van der Waals surface area contributed by atoms with Crippen molar-refractivity contribution in [2.45, 2.75) is 170 Å². The molecule has 0 radical (unpaired) electrons. The summed E-state index contributed by atoms with van der Waals surface area (Å²) in [5, 5.41) is 99.9. The predicted octanol–water partition coefficient (Wildman–Crippen LogP) is 4.63. The molecule has 6 aromatic rings. The van der Waals surface area contributed by atoms with E-state index < -0.39 is 159 Å². The van der Waals surface area contributed by atoms with Crippen molar-refractivity contribution in [1.82, 2.24) is 52.6 Å². The standard InChI is InChI=1S/C79H92ClN11O19S/c1-6-7-8-21-108-46-12-14-47(15-13-46)111(106,107)84-20-19-83-35-50-55(92)33-49-61-48-29-40(9-16-51(48)79(104,105)62(50)61)64-74(99)91-68(78(103)89-66(49)76(101)86-63-43-25-38-24-39(27-43)28-44(63)26-38)70(95)42-11-18-57(52(80)30-42)110-59-32-45-31-58(71(59)96)109-56-17-10-41(23-37(56)4)69(94)67(90-72(97)53(82-5)22-36(2)3)77(102)85-54(34-60(81)93)73(98)87-65(45)75(100)88-64/h9-18,23,29-33,36,38-39,43-44,53-54,63-70,82-84,92,94-96,104-105H,6-8,19-22,24-28,34-35H2,1-5H3,(H2,81,93)(H,85,102)(H,86,101)(H,87,98)(H,88,100)(H,89,103)(H,90,97)(H,91,99)/t38?,39?,43?,44?,53-,54+,63?,64-,65-,66+,67-,68+,69-,70-/m1/s1. The Morgan fingerprint density at radius 1 is 0.703 bits per heavy atom. The monoisotopic (exact) mass is 1570 g/mol. The lowest BCUT2D eigenvalue weighted by atomic mass is 9.54. The van der Waals surface area contributed by atoms with Gasteiger partial charge in [-0.2, -0.15) is 0 Å². The number of phenolic OH excluding ortho intramolecular Hbond substituents is 2. The molecule has 5 aliphatic carbocycles. The molecule has 16 rings (SSSR count). The number of likely N-dealkylation sites (N-methyl/N-ethyl adjacent to an activating group) is 1. The minimum absolute atomic E-state index is 0.00854. The van der Waals surface area contributed by atoms with Crippen molar-refractivity contribution in [1.29, 1.82) is 0 Å². The maximum atomic E-state index is 16.1. The summed E-state index contributed by atoms with van der Waals surface area (Å²) in [6, 6.07) is 7.49. The number of nitrogens with two attached hydrogens (primary N) is 1. The number of rotatable bonds is 21. The Labute approximate surface area is 645 Å². The molecule has 9 atom stereocenters. The first-order valence-corrected chi connectivity index (χ1v) is 39.2. The lowest BCUT2D eigenvalue weighted by Gasteiger charge is -2.54. The molecule has 5 heterocycles. The Balaban J connectivity index is 0.932. The van der Waals surface area contributed by atoms with Gasteiger partial charge in [-0.1, -0.05) is 69.5 Å². The first kappa shape index (κ1) is 79.1. The van der Waals surface area contributed by atoms with Gasteiger partial charge in [-0.15, -0.1) is 0 Å². The molecule has 10 aliphatic rings. The first-order valence-electron chi connectivity index (χ1n) is 37.4. The average molecular weight is 1570 g/mol. The van der Waals surface area contributed by atoms with E-state index in [0.29, 0.717) is 24.2 Å². The van der Waals surface area contributed by atoms with Crippen molar-refractivity contribution in [3.8, 4) is 51.4 Å². The summed E-state index contributed by atoms with van der Waals surface area (Å²) in [5.74, 6) is -13.1. The zero-order valence-corrected chi connectivity index (χ0v) is 63.2. The lowest BCUT2D eigenvalue weighted by Crippen LogP contribution is -2.59. The van der Waals surface area contributed by atoms with E-state index in [0.717, 1.165) is 63.5 Å². The third kappa shape index (κ3) is 16.4. The van der Waals surface area contributed by atoms with Gasteiger partial charge < -0.3 is 98.4 Å². The Morgan fingerprint density at radius 2 is 1.34 bits per heavy atom. The van der Waals surface area contributed by atoms with Crippen LogP contribution in [0.25, 0.3) is 11.1 Å². The molecule has 0 spiro atoms. The van der Waals surface area contributed by atoms with Gasteiger partial charge in [0.15, 0.2) is 11.5 Å². The normalized spacial score (nSPS) is 25.3. The fraction of sp³-hybridized carbons (Fsp3) is 0.443. The van der Waals surface area contributed by atoms with Crippen LogP contribution >= 0.6 is 11.6 Å². The van der Waals surface area contributed by atoms with Crippen LogP contribution < -0.4 is 72.5 Å². The number of aryl methyl sites for hydroxylation is 1. The number of carbonyl (C=O) groups excluding carboxylic acids is 8. The Kier molecular flexibility index (Phi) is 23.1. The minimum atomic E-state index is -4.09. The molecule has 111 heavy (non-hydrogen) atoms. The van der Waals surface area contributed by atoms with E-state index in [1.54, 1.807) is 19.1 Å². The highest BCUT2D eigenvalue weighted by Crippen LogP contribution is 2.56. The second kappa shape index (κ2) is 32.4. The summed E-state index contributed by atoms with van der Waals surface area (Å²) < 4.78 is 48.2. The van der Waals surface area contributed by atoms with Gasteiger partial charge in [-0.3, -0.25) is 38.4 Å². The predicted molar refractivity (Wildman–Crippen MR) is 401 cm³/mol. The number of aliphatic hydroxyl groups excluding tert-OH is 2. The second-order valence-corrected chi connectivity index (χ2v) is 32.6. The number of halogens is 1. The lowest BCUT2D eigenvalue weighted by molar-refractivity contribution is -0.138. The third-order valence-corrected chi connectivity index (χ3v) is 24.0. The van der Waals surface area contributed by atoms with Crippen LogP contribution in [0.15, 0.2) is 102 Å². The summed E-state index contributed by atoms with van der Waals surface area (Å²) in [6.45, 7) is 7.09. The van der Waals surface area contributed by atoms with Crippen LogP contribution in [0.1, 0.15) is 165 Å². The van der Waals surface area contributed by atoms with Crippen LogP contribution in [0.5, 0.6) is 40.2 Å². The van der Waals surface area contributed by atoms with Gasteiger partial charge in [-0.25, -0.2) is 13.1 Å². The Morgan fingerprint density at radius 3 is 1.99 bits per heavy atom. The van der Waals surface area contributed by atoms with Gasteiger partial charge in [0.1, 0.15) is 71.5 Å². The number of hydrogen-bond donors (Lipinski definition) is 17. The molecular weight excluding hydrogens is 1470 g/mol. The summed E-state index contributed by atoms with van der Waals surface area (Å²) in [6.07, 6.45) is 2.58. The maximum Gasteiger partial charge on any atom is 0.248 e. The number of hydrogen-bond acceptors (Lipinski definition) is 21. The smallest absolute Gasteiger partial charge is 0.248 e. The molecular formula is C79H92ClN11O19S.